The van der Waals surface area contributed by atoms with E-state index in [0.29, 0.717) is 22.6 Å². The molecule has 1 amide bonds. The maximum Gasteiger partial charge on any atom is 0.274 e. The highest BCUT2D eigenvalue weighted by Gasteiger charge is 2.18. The summed E-state index contributed by atoms with van der Waals surface area (Å²) in [6, 6.07) is 9.04. The van der Waals surface area contributed by atoms with Gasteiger partial charge in [-0.15, -0.1) is 0 Å². The summed E-state index contributed by atoms with van der Waals surface area (Å²) in [6.45, 7) is 1.78. The Morgan fingerprint density at radius 3 is 2.85 bits per heavy atom. The molecule has 3 N–H and O–H groups in total. The van der Waals surface area contributed by atoms with Gasteiger partial charge >= 0.3 is 0 Å². The van der Waals surface area contributed by atoms with Gasteiger partial charge in [0, 0.05) is 30.2 Å². The molecule has 8 nitrogen and oxygen atoms in total. The minimum Gasteiger partial charge on any atom is -0.322 e. The van der Waals surface area contributed by atoms with Crippen molar-refractivity contribution in [2.75, 3.05) is 5.32 Å². The van der Waals surface area contributed by atoms with Crippen molar-refractivity contribution < 1.29 is 4.79 Å². The molecule has 0 spiro atoms. The molecular weight excluding hydrogens is 332 g/mol. The molecule has 0 aliphatic rings. The highest BCUT2D eigenvalue weighted by molar-refractivity contribution is 6.12. The zero-order valence-electron chi connectivity index (χ0n) is 14.2. The van der Waals surface area contributed by atoms with E-state index in [4.69, 9.17) is 0 Å². The summed E-state index contributed by atoms with van der Waals surface area (Å²) < 4.78 is 1.51. The first-order chi connectivity index (χ1) is 12.5. The molecule has 26 heavy (non-hydrogen) atoms. The summed E-state index contributed by atoms with van der Waals surface area (Å²) in [5.41, 5.74) is 3.53. The van der Waals surface area contributed by atoms with Crippen LogP contribution in [-0.2, 0) is 7.05 Å². The molecule has 0 bridgehead atoms. The van der Waals surface area contributed by atoms with Gasteiger partial charge in [0.2, 0.25) is 0 Å². The Balaban J connectivity index is 1.73. The van der Waals surface area contributed by atoms with Crippen LogP contribution in [0, 0.1) is 6.92 Å². The minimum absolute atomic E-state index is 0.279. The predicted octanol–water partition coefficient (Wildman–Crippen LogP) is 2.21. The summed E-state index contributed by atoms with van der Waals surface area (Å²) in [4.78, 5) is 29.3. The number of aromatic nitrogens is 5. The molecule has 0 atom stereocenters. The predicted molar refractivity (Wildman–Crippen MR) is 98.0 cm³/mol. The van der Waals surface area contributed by atoms with Gasteiger partial charge in [-0.1, -0.05) is 12.1 Å². The lowest BCUT2D eigenvalue weighted by molar-refractivity contribution is 0.102. The van der Waals surface area contributed by atoms with E-state index < -0.39 is 0 Å². The average Bonchev–Trinajstić information content (AvgIpc) is 3.24. The Morgan fingerprint density at radius 2 is 2.08 bits per heavy atom. The molecule has 0 fully saturated rings. The highest BCUT2D eigenvalue weighted by atomic mass is 16.2. The fourth-order valence-electron chi connectivity index (χ4n) is 2.95. The van der Waals surface area contributed by atoms with E-state index in [1.54, 1.807) is 38.5 Å². The topological polar surface area (TPSA) is 108 Å². The number of anilines is 1. The Hall–Kier alpha value is -3.68. The highest BCUT2D eigenvalue weighted by Crippen LogP contribution is 2.22. The van der Waals surface area contributed by atoms with E-state index in [-0.39, 0.29) is 16.9 Å². The van der Waals surface area contributed by atoms with E-state index in [1.165, 1.54) is 4.68 Å². The van der Waals surface area contributed by atoms with Gasteiger partial charge in [-0.25, -0.2) is 4.98 Å². The number of nitrogens with zero attached hydrogens (tertiary/aromatic N) is 3. The van der Waals surface area contributed by atoms with E-state index in [0.717, 1.165) is 11.1 Å². The SMILES string of the molecule is Cc1cc(C(=O)Nc2cccc(-c3cn[nH]c3)c2)c2c(=O)[nH]n(C)c2n1. The number of aryl methyl sites for hydroxylation is 2. The Bertz CT molecular complexity index is 1170. The molecule has 0 saturated carbocycles. The fourth-order valence-corrected chi connectivity index (χ4v) is 2.95. The summed E-state index contributed by atoms with van der Waals surface area (Å²) in [7, 11) is 1.69. The van der Waals surface area contributed by atoms with Crippen LogP contribution in [0.2, 0.25) is 0 Å². The van der Waals surface area contributed by atoms with Crippen molar-refractivity contribution >= 4 is 22.6 Å². The Kier molecular flexibility index (Phi) is 3.65. The van der Waals surface area contributed by atoms with E-state index in [2.05, 4.69) is 25.6 Å². The third-order valence-corrected chi connectivity index (χ3v) is 4.14. The first kappa shape index (κ1) is 15.8. The zero-order valence-corrected chi connectivity index (χ0v) is 14.2. The summed E-state index contributed by atoms with van der Waals surface area (Å²) in [5, 5.41) is 12.5. The van der Waals surface area contributed by atoms with Crippen molar-refractivity contribution in [3.05, 3.63) is 64.3 Å². The molecule has 0 unspecified atom stereocenters. The third kappa shape index (κ3) is 2.67. The van der Waals surface area contributed by atoms with Crippen molar-refractivity contribution in [2.45, 2.75) is 6.92 Å². The summed E-state index contributed by atoms with van der Waals surface area (Å²) >= 11 is 0. The van der Waals surface area contributed by atoms with Crippen LogP contribution < -0.4 is 10.9 Å². The third-order valence-electron chi connectivity index (χ3n) is 4.14. The monoisotopic (exact) mass is 348 g/mol. The van der Waals surface area contributed by atoms with Crippen molar-refractivity contribution in [3.63, 3.8) is 0 Å². The molecule has 0 saturated heterocycles. The van der Waals surface area contributed by atoms with Crippen LogP contribution in [0.5, 0.6) is 0 Å². The van der Waals surface area contributed by atoms with E-state index >= 15 is 0 Å². The second-order valence-corrected chi connectivity index (χ2v) is 6.03. The number of H-pyrrole nitrogens is 2. The maximum atomic E-state index is 12.8. The maximum absolute atomic E-state index is 12.8. The van der Waals surface area contributed by atoms with Crippen molar-refractivity contribution in [3.8, 4) is 11.1 Å². The number of fused-ring (bicyclic) bond motifs is 1. The van der Waals surface area contributed by atoms with Gasteiger partial charge in [0.1, 0.15) is 0 Å². The standard InChI is InChI=1S/C18H16N6O2/c1-10-6-14(15-16(21-10)24(2)23-18(15)26)17(25)22-13-5-3-4-11(7-13)12-8-19-20-9-12/h3-9H,1-2H3,(H,19,20)(H,22,25)(H,23,26). The van der Waals surface area contributed by atoms with Gasteiger partial charge in [-0.3, -0.25) is 24.5 Å². The summed E-state index contributed by atoms with van der Waals surface area (Å²) in [6.07, 6.45) is 3.49. The molecule has 8 heteroatoms. The average molecular weight is 348 g/mol. The van der Waals surface area contributed by atoms with E-state index in [9.17, 15) is 9.59 Å². The molecule has 0 radical (unpaired) electrons. The van der Waals surface area contributed by atoms with Crippen molar-refractivity contribution in [1.29, 1.82) is 0 Å². The lowest BCUT2D eigenvalue weighted by Crippen LogP contribution is -2.15. The number of hydrogen-bond donors (Lipinski definition) is 3. The number of rotatable bonds is 3. The molecule has 0 aliphatic heterocycles. The number of carbonyl (C=O) groups is 1. The fraction of sp³-hybridized carbons (Fsp3) is 0.111. The molecule has 130 valence electrons. The van der Waals surface area contributed by atoms with Gasteiger partial charge < -0.3 is 5.32 Å². The lowest BCUT2D eigenvalue weighted by atomic mass is 10.1. The molecule has 4 rings (SSSR count). The number of nitrogens with one attached hydrogen (secondary N) is 3. The second kappa shape index (κ2) is 5.99. The van der Waals surface area contributed by atoms with Gasteiger partial charge in [0.05, 0.1) is 17.1 Å². The van der Waals surface area contributed by atoms with E-state index in [1.807, 2.05) is 18.2 Å². The zero-order chi connectivity index (χ0) is 18.3. The molecule has 3 heterocycles. The van der Waals surface area contributed by atoms with Crippen LogP contribution in [-0.4, -0.2) is 30.9 Å². The first-order valence-corrected chi connectivity index (χ1v) is 8.00. The van der Waals surface area contributed by atoms with Crippen molar-refractivity contribution in [2.24, 2.45) is 7.05 Å². The number of aromatic amines is 2. The molecule has 4 aromatic rings. The van der Waals surface area contributed by atoms with Gasteiger partial charge in [-0.05, 0) is 30.7 Å². The van der Waals surface area contributed by atoms with Crippen LogP contribution in [0.4, 0.5) is 5.69 Å². The van der Waals surface area contributed by atoms with Crippen LogP contribution in [0.15, 0.2) is 47.5 Å². The van der Waals surface area contributed by atoms with Gasteiger partial charge in [0.25, 0.3) is 11.5 Å². The number of carbonyl (C=O) groups excluding carboxylic acids is 1. The quantitative estimate of drug-likeness (QED) is 0.527. The second-order valence-electron chi connectivity index (χ2n) is 6.03. The Labute approximate surface area is 147 Å². The molecular formula is C18H16N6O2. The summed E-state index contributed by atoms with van der Waals surface area (Å²) in [5.74, 6) is -0.360. The number of benzene rings is 1. The number of amides is 1. The molecule has 3 aromatic heterocycles. The van der Waals surface area contributed by atoms with Crippen molar-refractivity contribution in [1.82, 2.24) is 25.0 Å². The number of hydrogen-bond acceptors (Lipinski definition) is 4. The van der Waals surface area contributed by atoms with Crippen LogP contribution in [0.1, 0.15) is 16.1 Å². The van der Waals surface area contributed by atoms with Gasteiger partial charge in [-0.2, -0.15) is 5.10 Å². The first-order valence-electron chi connectivity index (χ1n) is 8.00. The van der Waals surface area contributed by atoms with Gasteiger partial charge in [0.15, 0.2) is 5.65 Å². The van der Waals surface area contributed by atoms with Crippen LogP contribution >= 0.6 is 0 Å². The smallest absolute Gasteiger partial charge is 0.274 e. The normalized spacial score (nSPS) is 11.0. The largest absolute Gasteiger partial charge is 0.322 e. The molecule has 0 aliphatic carbocycles. The lowest BCUT2D eigenvalue weighted by Gasteiger charge is -2.08. The minimum atomic E-state index is -0.360. The Morgan fingerprint density at radius 1 is 1.23 bits per heavy atom. The van der Waals surface area contributed by atoms with Crippen LogP contribution in [0.25, 0.3) is 22.2 Å². The molecule has 1 aromatic carbocycles. The number of pyridine rings is 1. The van der Waals surface area contributed by atoms with Crippen LogP contribution in [0.3, 0.4) is 0 Å².